The maximum absolute atomic E-state index is 5.87. The third-order valence-corrected chi connectivity index (χ3v) is 5.92. The molecule has 2 aliphatic heterocycles. The molecule has 6 nitrogen and oxygen atoms in total. The zero-order valence-electron chi connectivity index (χ0n) is 15.8. The molecule has 0 aliphatic carbocycles. The second-order valence-electron chi connectivity index (χ2n) is 7.37. The minimum atomic E-state index is -0.371. The van der Waals surface area contributed by atoms with Crippen LogP contribution >= 0.6 is 0 Å². The predicted octanol–water partition coefficient (Wildman–Crippen LogP) is 3.38. The summed E-state index contributed by atoms with van der Waals surface area (Å²) in [5, 5.41) is 1.14. The van der Waals surface area contributed by atoms with Crippen molar-refractivity contribution in [3.63, 3.8) is 0 Å². The van der Waals surface area contributed by atoms with Gasteiger partial charge in [-0.1, -0.05) is 18.2 Å². The van der Waals surface area contributed by atoms with Crippen molar-refractivity contribution in [1.29, 1.82) is 0 Å². The van der Waals surface area contributed by atoms with Gasteiger partial charge in [0.25, 0.3) is 0 Å². The van der Waals surface area contributed by atoms with Crippen LogP contribution in [0.5, 0.6) is 0 Å². The van der Waals surface area contributed by atoms with E-state index >= 15 is 0 Å². The van der Waals surface area contributed by atoms with Crippen molar-refractivity contribution >= 4 is 16.9 Å². The van der Waals surface area contributed by atoms with Crippen LogP contribution in [0.3, 0.4) is 0 Å². The summed E-state index contributed by atoms with van der Waals surface area (Å²) >= 11 is 0. The first-order valence-corrected chi connectivity index (χ1v) is 9.59. The highest BCUT2D eigenvalue weighted by Gasteiger charge is 2.40. The Bertz CT molecular complexity index is 967. The number of nitrogens with zero attached hydrogens (tertiary/aromatic N) is 4. The van der Waals surface area contributed by atoms with Crippen molar-refractivity contribution < 1.29 is 9.47 Å². The molecule has 140 valence electrons. The largest absolute Gasteiger partial charge is 0.356 e. The molecule has 0 N–H and O–H groups in total. The van der Waals surface area contributed by atoms with E-state index in [-0.39, 0.29) is 5.79 Å². The average molecular weight is 364 g/mol. The van der Waals surface area contributed by atoms with Gasteiger partial charge in [0.1, 0.15) is 12.1 Å². The van der Waals surface area contributed by atoms with Gasteiger partial charge >= 0.3 is 0 Å². The van der Waals surface area contributed by atoms with Gasteiger partial charge in [-0.15, -0.1) is 0 Å². The van der Waals surface area contributed by atoms with E-state index in [1.807, 2.05) is 6.07 Å². The summed E-state index contributed by atoms with van der Waals surface area (Å²) in [5.41, 5.74) is 4.53. The van der Waals surface area contributed by atoms with Gasteiger partial charge in [-0.2, -0.15) is 0 Å². The highest BCUT2D eigenvalue weighted by molar-refractivity contribution is 5.93. The van der Waals surface area contributed by atoms with Crippen LogP contribution < -0.4 is 4.90 Å². The van der Waals surface area contributed by atoms with Gasteiger partial charge in [0, 0.05) is 37.3 Å². The quantitative estimate of drug-likeness (QED) is 0.698. The molecular formula is C21H24N4O2. The molecular weight excluding hydrogens is 340 g/mol. The number of aryl methyl sites for hydroxylation is 1. The summed E-state index contributed by atoms with van der Waals surface area (Å²) in [7, 11) is 0. The minimum absolute atomic E-state index is 0.371. The Morgan fingerprint density at radius 3 is 2.37 bits per heavy atom. The lowest BCUT2D eigenvalue weighted by molar-refractivity contribution is -0.169. The monoisotopic (exact) mass is 364 g/mol. The molecule has 6 heteroatoms. The zero-order chi connectivity index (χ0) is 18.4. The van der Waals surface area contributed by atoms with Gasteiger partial charge in [-0.3, -0.25) is 4.57 Å². The SMILES string of the molecule is Cc1c(C)n(-c2ccccc2)c2ncnc(N3CCC4(CC3)OCCO4)c12. The van der Waals surface area contributed by atoms with Crippen LogP contribution in [0.15, 0.2) is 36.7 Å². The highest BCUT2D eigenvalue weighted by atomic mass is 16.7. The van der Waals surface area contributed by atoms with Gasteiger partial charge in [-0.05, 0) is 31.5 Å². The van der Waals surface area contributed by atoms with E-state index in [0.29, 0.717) is 13.2 Å². The molecule has 0 amide bonds. The van der Waals surface area contributed by atoms with E-state index < -0.39 is 0 Å². The molecule has 27 heavy (non-hydrogen) atoms. The summed E-state index contributed by atoms with van der Waals surface area (Å²) in [6, 6.07) is 10.4. The third kappa shape index (κ3) is 2.63. The van der Waals surface area contributed by atoms with Crippen LogP contribution in [0.25, 0.3) is 16.7 Å². The maximum Gasteiger partial charge on any atom is 0.171 e. The van der Waals surface area contributed by atoms with Gasteiger partial charge in [0.05, 0.1) is 18.6 Å². The number of para-hydroxylation sites is 1. The third-order valence-electron chi connectivity index (χ3n) is 5.92. The molecule has 1 aromatic carbocycles. The number of piperidine rings is 1. The van der Waals surface area contributed by atoms with Gasteiger partial charge < -0.3 is 14.4 Å². The molecule has 0 saturated carbocycles. The predicted molar refractivity (Wildman–Crippen MR) is 104 cm³/mol. The summed E-state index contributed by atoms with van der Waals surface area (Å²) in [4.78, 5) is 11.7. The van der Waals surface area contributed by atoms with E-state index in [4.69, 9.17) is 9.47 Å². The Hall–Kier alpha value is -2.44. The lowest BCUT2D eigenvalue weighted by Gasteiger charge is -2.38. The molecule has 3 aromatic rings. The number of anilines is 1. The van der Waals surface area contributed by atoms with Crippen LogP contribution in [-0.2, 0) is 9.47 Å². The van der Waals surface area contributed by atoms with Crippen molar-refractivity contribution in [3.8, 4) is 5.69 Å². The van der Waals surface area contributed by atoms with E-state index in [9.17, 15) is 0 Å². The molecule has 5 rings (SSSR count). The number of hydrogen-bond acceptors (Lipinski definition) is 5. The minimum Gasteiger partial charge on any atom is -0.356 e. The molecule has 4 heterocycles. The van der Waals surface area contributed by atoms with Crippen LogP contribution in [0.2, 0.25) is 0 Å². The Balaban J connectivity index is 1.57. The summed E-state index contributed by atoms with van der Waals surface area (Å²) < 4.78 is 14.0. The Kier molecular flexibility index (Phi) is 3.91. The maximum atomic E-state index is 5.87. The molecule has 0 bridgehead atoms. The van der Waals surface area contributed by atoms with Gasteiger partial charge in [0.2, 0.25) is 0 Å². The topological polar surface area (TPSA) is 52.4 Å². The average Bonchev–Trinajstić information content (AvgIpc) is 3.26. The molecule has 0 atom stereocenters. The van der Waals surface area contributed by atoms with Crippen molar-refractivity contribution in [2.45, 2.75) is 32.5 Å². The lowest BCUT2D eigenvalue weighted by atomic mass is 10.0. The van der Waals surface area contributed by atoms with Crippen molar-refractivity contribution in [2.24, 2.45) is 0 Å². The number of fused-ring (bicyclic) bond motifs is 1. The van der Waals surface area contributed by atoms with Crippen molar-refractivity contribution in [1.82, 2.24) is 14.5 Å². The number of hydrogen-bond donors (Lipinski definition) is 0. The smallest absolute Gasteiger partial charge is 0.171 e. The molecule has 2 fully saturated rings. The molecule has 2 saturated heterocycles. The van der Waals surface area contributed by atoms with E-state index in [2.05, 4.69) is 57.5 Å². The fourth-order valence-corrected chi connectivity index (χ4v) is 4.36. The molecule has 1 spiro atoms. The van der Waals surface area contributed by atoms with Crippen LogP contribution in [0.1, 0.15) is 24.1 Å². The molecule has 2 aliphatic rings. The van der Waals surface area contributed by atoms with Crippen molar-refractivity contribution in [3.05, 3.63) is 47.9 Å². The number of aromatic nitrogens is 3. The molecule has 0 radical (unpaired) electrons. The standard InChI is InChI=1S/C21H24N4O2/c1-15-16(2)25(17-6-4-3-5-7-17)20-18(15)19(22-14-23-20)24-10-8-21(9-11-24)26-12-13-27-21/h3-7,14H,8-13H2,1-2H3. The lowest BCUT2D eigenvalue weighted by Crippen LogP contribution is -2.45. The van der Waals surface area contributed by atoms with Crippen LogP contribution in [0.4, 0.5) is 5.82 Å². The zero-order valence-corrected chi connectivity index (χ0v) is 15.8. The second-order valence-corrected chi connectivity index (χ2v) is 7.37. The second kappa shape index (κ2) is 6.32. The fraction of sp³-hybridized carbons (Fsp3) is 0.429. The van der Waals surface area contributed by atoms with Gasteiger partial charge in [0.15, 0.2) is 11.4 Å². The first-order chi connectivity index (χ1) is 13.2. The first-order valence-electron chi connectivity index (χ1n) is 9.59. The number of benzene rings is 1. The molecule has 2 aromatic heterocycles. The van der Waals surface area contributed by atoms with E-state index in [0.717, 1.165) is 48.5 Å². The number of rotatable bonds is 2. The van der Waals surface area contributed by atoms with Crippen LogP contribution in [0, 0.1) is 13.8 Å². The Morgan fingerprint density at radius 1 is 0.963 bits per heavy atom. The fourth-order valence-electron chi connectivity index (χ4n) is 4.36. The number of ether oxygens (including phenoxy) is 2. The highest BCUT2D eigenvalue weighted by Crippen LogP contribution is 2.37. The normalized spacial score (nSPS) is 19.3. The van der Waals surface area contributed by atoms with E-state index in [1.54, 1.807) is 6.33 Å². The summed E-state index contributed by atoms with van der Waals surface area (Å²) in [6.45, 7) is 7.48. The Labute approximate surface area is 158 Å². The summed E-state index contributed by atoms with van der Waals surface area (Å²) in [6.07, 6.45) is 3.43. The first kappa shape index (κ1) is 16.7. The summed E-state index contributed by atoms with van der Waals surface area (Å²) in [5.74, 6) is 0.645. The van der Waals surface area contributed by atoms with Crippen LogP contribution in [-0.4, -0.2) is 46.6 Å². The molecule has 0 unspecified atom stereocenters. The van der Waals surface area contributed by atoms with Crippen molar-refractivity contribution in [2.75, 3.05) is 31.2 Å². The Morgan fingerprint density at radius 2 is 1.67 bits per heavy atom. The van der Waals surface area contributed by atoms with E-state index in [1.165, 1.54) is 11.3 Å². The van der Waals surface area contributed by atoms with Gasteiger partial charge in [-0.25, -0.2) is 9.97 Å².